The molecule has 0 atom stereocenters. The number of aromatic nitrogens is 3. The van der Waals surface area contributed by atoms with E-state index in [4.69, 9.17) is 0 Å². The monoisotopic (exact) mass is 306 g/mol. The summed E-state index contributed by atoms with van der Waals surface area (Å²) in [4.78, 5) is 18.5. The van der Waals surface area contributed by atoms with Gasteiger partial charge in [0.1, 0.15) is 5.75 Å². The van der Waals surface area contributed by atoms with Crippen molar-refractivity contribution in [1.82, 2.24) is 14.8 Å². The van der Waals surface area contributed by atoms with Crippen LogP contribution in [0.2, 0.25) is 0 Å². The summed E-state index contributed by atoms with van der Waals surface area (Å²) in [6, 6.07) is 10.4. The van der Waals surface area contributed by atoms with E-state index in [1.54, 1.807) is 46.4 Å². The van der Waals surface area contributed by atoms with Crippen molar-refractivity contribution >= 4 is 11.6 Å². The maximum atomic E-state index is 12.7. The molecule has 1 aromatic carbocycles. The van der Waals surface area contributed by atoms with Crippen molar-refractivity contribution in [3.05, 3.63) is 66.2 Å². The first-order valence-corrected chi connectivity index (χ1v) is 7.32. The predicted molar refractivity (Wildman–Crippen MR) is 84.8 cm³/mol. The number of nitrogens with zero attached hydrogens (tertiary/aromatic N) is 4. The van der Waals surface area contributed by atoms with Gasteiger partial charge in [-0.3, -0.25) is 9.78 Å². The maximum Gasteiger partial charge on any atom is 0.261 e. The molecule has 23 heavy (non-hydrogen) atoms. The zero-order chi connectivity index (χ0) is 15.8. The summed E-state index contributed by atoms with van der Waals surface area (Å²) >= 11 is 0. The molecule has 6 nitrogen and oxygen atoms in total. The molecule has 0 radical (unpaired) electrons. The molecule has 4 rings (SSSR count). The Labute approximate surface area is 132 Å². The number of amides is 1. The average molecular weight is 306 g/mol. The minimum atomic E-state index is -0.105. The van der Waals surface area contributed by atoms with Crippen LogP contribution in [0.1, 0.15) is 16.1 Å². The van der Waals surface area contributed by atoms with Gasteiger partial charge in [-0.15, -0.1) is 0 Å². The Morgan fingerprint density at radius 1 is 1.13 bits per heavy atom. The summed E-state index contributed by atoms with van der Waals surface area (Å²) < 4.78 is 1.68. The number of carbonyl (C=O) groups is 1. The van der Waals surface area contributed by atoms with E-state index in [0.717, 1.165) is 11.4 Å². The Balaban J connectivity index is 1.71. The maximum absolute atomic E-state index is 12.7. The number of phenolic OH excluding ortho intramolecular Hbond substituents is 1. The van der Waals surface area contributed by atoms with Crippen LogP contribution in [-0.2, 0) is 6.42 Å². The number of hydrogen-bond acceptors (Lipinski definition) is 4. The highest BCUT2D eigenvalue weighted by molar-refractivity contribution is 6.07. The van der Waals surface area contributed by atoms with Gasteiger partial charge in [0.15, 0.2) is 0 Å². The first-order chi connectivity index (χ1) is 11.2. The number of aromatic hydroxyl groups is 1. The van der Waals surface area contributed by atoms with Gasteiger partial charge >= 0.3 is 0 Å². The van der Waals surface area contributed by atoms with Crippen molar-refractivity contribution in [2.45, 2.75) is 6.42 Å². The summed E-state index contributed by atoms with van der Waals surface area (Å²) in [5.41, 5.74) is 2.88. The third-order valence-electron chi connectivity index (χ3n) is 3.89. The number of anilines is 1. The molecule has 3 heterocycles. The van der Waals surface area contributed by atoms with Crippen LogP contribution in [-0.4, -0.2) is 32.3 Å². The molecule has 2 aromatic heterocycles. The van der Waals surface area contributed by atoms with Gasteiger partial charge in [0.05, 0.1) is 23.1 Å². The minimum Gasteiger partial charge on any atom is -0.508 e. The molecule has 0 spiro atoms. The molecule has 1 aliphatic heterocycles. The molecule has 6 heteroatoms. The standard InChI is InChI=1S/C17H14N4O2/c22-14-5-1-3-12(9-14)20-8-6-16-15(17(20)23)11-21(19-16)13-4-2-7-18-10-13/h1-5,7,9-11,22H,6,8H2. The quantitative estimate of drug-likeness (QED) is 0.787. The first kappa shape index (κ1) is 13.5. The zero-order valence-corrected chi connectivity index (χ0v) is 12.3. The molecule has 1 aliphatic rings. The number of carbonyl (C=O) groups excluding carboxylic acids is 1. The SMILES string of the molecule is O=C1c2cn(-c3cccnc3)nc2CCN1c1cccc(O)c1. The van der Waals surface area contributed by atoms with Crippen LogP contribution in [0.25, 0.3) is 5.69 Å². The lowest BCUT2D eigenvalue weighted by molar-refractivity contribution is 0.0980. The predicted octanol–water partition coefficient (Wildman–Crippen LogP) is 2.18. The molecule has 0 aliphatic carbocycles. The molecule has 114 valence electrons. The van der Waals surface area contributed by atoms with Gasteiger partial charge in [0, 0.05) is 37.1 Å². The largest absolute Gasteiger partial charge is 0.508 e. The third kappa shape index (κ3) is 2.34. The van der Waals surface area contributed by atoms with Crippen LogP contribution in [0, 0.1) is 0 Å². The van der Waals surface area contributed by atoms with E-state index in [0.29, 0.717) is 24.2 Å². The molecule has 1 N–H and O–H groups in total. The zero-order valence-electron chi connectivity index (χ0n) is 12.3. The van der Waals surface area contributed by atoms with Crippen LogP contribution in [0.5, 0.6) is 5.75 Å². The fraction of sp³-hybridized carbons (Fsp3) is 0.118. The molecule has 0 saturated heterocycles. The van der Waals surface area contributed by atoms with Crippen LogP contribution < -0.4 is 4.90 Å². The number of fused-ring (bicyclic) bond motifs is 1. The number of hydrogen-bond donors (Lipinski definition) is 1. The van der Waals surface area contributed by atoms with Crippen molar-refractivity contribution in [3.63, 3.8) is 0 Å². The van der Waals surface area contributed by atoms with E-state index >= 15 is 0 Å². The van der Waals surface area contributed by atoms with Gasteiger partial charge in [-0.25, -0.2) is 4.68 Å². The summed E-state index contributed by atoms with van der Waals surface area (Å²) in [5.74, 6) is 0.0409. The Kier molecular flexibility index (Phi) is 3.08. The van der Waals surface area contributed by atoms with Crippen LogP contribution >= 0.6 is 0 Å². The second kappa shape index (κ2) is 5.24. The fourth-order valence-electron chi connectivity index (χ4n) is 2.77. The van der Waals surface area contributed by atoms with Crippen LogP contribution in [0.15, 0.2) is 55.0 Å². The molecule has 0 fully saturated rings. The summed E-state index contributed by atoms with van der Waals surface area (Å²) in [6.45, 7) is 0.541. The van der Waals surface area contributed by atoms with Crippen molar-refractivity contribution < 1.29 is 9.90 Å². The molecular formula is C17H14N4O2. The van der Waals surface area contributed by atoms with E-state index in [2.05, 4.69) is 10.1 Å². The second-order valence-corrected chi connectivity index (χ2v) is 5.37. The Morgan fingerprint density at radius 3 is 2.78 bits per heavy atom. The highest BCUT2D eigenvalue weighted by atomic mass is 16.3. The van der Waals surface area contributed by atoms with E-state index in [1.165, 1.54) is 0 Å². The minimum absolute atomic E-state index is 0.105. The van der Waals surface area contributed by atoms with Crippen molar-refractivity contribution in [1.29, 1.82) is 0 Å². The lowest BCUT2D eigenvalue weighted by Crippen LogP contribution is -2.37. The van der Waals surface area contributed by atoms with Crippen molar-refractivity contribution in [2.75, 3.05) is 11.4 Å². The molecule has 1 amide bonds. The lowest BCUT2D eigenvalue weighted by Gasteiger charge is -2.26. The van der Waals surface area contributed by atoms with Gasteiger partial charge < -0.3 is 10.0 Å². The van der Waals surface area contributed by atoms with Gasteiger partial charge in [0.25, 0.3) is 5.91 Å². The smallest absolute Gasteiger partial charge is 0.261 e. The summed E-state index contributed by atoms with van der Waals surface area (Å²) in [7, 11) is 0. The van der Waals surface area contributed by atoms with E-state index < -0.39 is 0 Å². The van der Waals surface area contributed by atoms with Gasteiger partial charge in [-0.05, 0) is 24.3 Å². The Hall–Kier alpha value is -3.15. The molecule has 0 saturated carbocycles. The lowest BCUT2D eigenvalue weighted by atomic mass is 10.1. The summed E-state index contributed by atoms with van der Waals surface area (Å²) in [6.07, 6.45) is 5.81. The van der Waals surface area contributed by atoms with E-state index in [1.807, 2.05) is 18.2 Å². The molecule has 3 aromatic rings. The normalized spacial score (nSPS) is 13.9. The average Bonchev–Trinajstić information content (AvgIpc) is 3.01. The highest BCUT2D eigenvalue weighted by Crippen LogP contribution is 2.26. The van der Waals surface area contributed by atoms with Crippen molar-refractivity contribution in [2.24, 2.45) is 0 Å². The van der Waals surface area contributed by atoms with E-state index in [-0.39, 0.29) is 11.7 Å². The first-order valence-electron chi connectivity index (χ1n) is 7.32. The Bertz CT molecular complexity index is 873. The molecule has 0 bridgehead atoms. The number of phenols is 1. The third-order valence-corrected chi connectivity index (χ3v) is 3.89. The topological polar surface area (TPSA) is 71.2 Å². The highest BCUT2D eigenvalue weighted by Gasteiger charge is 2.28. The molecule has 0 unspecified atom stereocenters. The van der Waals surface area contributed by atoms with Crippen LogP contribution in [0.3, 0.4) is 0 Å². The fourth-order valence-corrected chi connectivity index (χ4v) is 2.77. The summed E-state index contributed by atoms with van der Waals surface area (Å²) in [5, 5.41) is 14.1. The second-order valence-electron chi connectivity index (χ2n) is 5.37. The van der Waals surface area contributed by atoms with Crippen molar-refractivity contribution in [3.8, 4) is 11.4 Å². The molecular weight excluding hydrogens is 292 g/mol. The van der Waals surface area contributed by atoms with Gasteiger partial charge in [-0.1, -0.05) is 6.07 Å². The number of pyridine rings is 1. The van der Waals surface area contributed by atoms with Gasteiger partial charge in [-0.2, -0.15) is 5.10 Å². The number of benzene rings is 1. The van der Waals surface area contributed by atoms with Crippen LogP contribution in [0.4, 0.5) is 5.69 Å². The van der Waals surface area contributed by atoms with Gasteiger partial charge in [0.2, 0.25) is 0 Å². The Morgan fingerprint density at radius 2 is 2.00 bits per heavy atom. The number of rotatable bonds is 2. The van der Waals surface area contributed by atoms with E-state index in [9.17, 15) is 9.90 Å².